The average Bonchev–Trinajstić information content (AvgIpc) is 3.10. The molecule has 0 aliphatic heterocycles. The van der Waals surface area contributed by atoms with Crippen LogP contribution in [0.25, 0.3) is 5.65 Å². The third-order valence-corrected chi connectivity index (χ3v) is 4.23. The van der Waals surface area contributed by atoms with E-state index < -0.39 is 0 Å². The fourth-order valence-electron chi connectivity index (χ4n) is 2.13. The molecule has 3 rings (SSSR count). The van der Waals surface area contributed by atoms with E-state index in [4.69, 9.17) is 5.26 Å². The van der Waals surface area contributed by atoms with Gasteiger partial charge in [-0.2, -0.15) is 5.26 Å². The van der Waals surface area contributed by atoms with Crippen molar-refractivity contribution in [3.05, 3.63) is 52.4 Å². The molecule has 0 atom stereocenters. The Morgan fingerprint density at radius 3 is 3.09 bits per heavy atom. The van der Waals surface area contributed by atoms with Crippen molar-refractivity contribution < 1.29 is 0 Å². The Morgan fingerprint density at radius 2 is 2.35 bits per heavy atom. The number of aryl methyl sites for hydroxylation is 1. The molecule has 23 heavy (non-hydrogen) atoms. The number of allylic oxidation sites excluding steroid dienone is 1. The number of hydrogen-bond acceptors (Lipinski definition) is 6. The maximum Gasteiger partial charge on any atom is 0.272 e. The summed E-state index contributed by atoms with van der Waals surface area (Å²) in [5.41, 5.74) is 0.997. The van der Waals surface area contributed by atoms with E-state index in [1.807, 2.05) is 17.6 Å². The minimum atomic E-state index is -0.254. The van der Waals surface area contributed by atoms with Gasteiger partial charge in [-0.15, -0.1) is 16.8 Å². The summed E-state index contributed by atoms with van der Waals surface area (Å²) >= 11 is 1.43. The van der Waals surface area contributed by atoms with Gasteiger partial charge in [-0.05, 0) is 6.92 Å². The standard InChI is InChI=1S/C14H13N7OS/c1-3-4-20-9(2)18-19-14(20)23-8-11-5-12(22)21-13(17-11)10(6-15)7-16-21/h3,5,7,16H,1,4,8H2,2H3. The number of thioether (sulfide) groups is 1. The van der Waals surface area contributed by atoms with Crippen molar-refractivity contribution in [1.82, 2.24) is 29.4 Å². The van der Waals surface area contributed by atoms with E-state index in [0.717, 1.165) is 11.0 Å². The molecule has 0 bridgehead atoms. The zero-order valence-corrected chi connectivity index (χ0v) is 13.2. The van der Waals surface area contributed by atoms with E-state index in [9.17, 15) is 4.79 Å². The smallest absolute Gasteiger partial charge is 0.272 e. The van der Waals surface area contributed by atoms with Crippen LogP contribution in [0.2, 0.25) is 0 Å². The molecule has 0 saturated carbocycles. The van der Waals surface area contributed by atoms with Crippen molar-refractivity contribution in [3.63, 3.8) is 0 Å². The molecule has 0 saturated heterocycles. The third kappa shape index (κ3) is 2.76. The van der Waals surface area contributed by atoms with Crippen LogP contribution in [0.4, 0.5) is 0 Å². The Labute approximate surface area is 135 Å². The van der Waals surface area contributed by atoms with Crippen LogP contribution in [0.3, 0.4) is 0 Å². The fourth-order valence-corrected chi connectivity index (χ4v) is 3.02. The molecular weight excluding hydrogens is 314 g/mol. The van der Waals surface area contributed by atoms with Gasteiger partial charge in [-0.1, -0.05) is 17.8 Å². The molecule has 0 spiro atoms. The maximum atomic E-state index is 12.0. The summed E-state index contributed by atoms with van der Waals surface area (Å²) in [6, 6.07) is 3.45. The molecule has 3 aromatic rings. The first-order chi connectivity index (χ1) is 11.1. The molecule has 116 valence electrons. The van der Waals surface area contributed by atoms with Gasteiger partial charge in [0.1, 0.15) is 17.5 Å². The molecule has 0 amide bonds. The molecule has 0 aliphatic carbocycles. The zero-order chi connectivity index (χ0) is 16.4. The molecule has 0 aromatic carbocycles. The van der Waals surface area contributed by atoms with Gasteiger partial charge in [-0.3, -0.25) is 9.89 Å². The van der Waals surface area contributed by atoms with Crippen molar-refractivity contribution in [1.29, 1.82) is 5.26 Å². The van der Waals surface area contributed by atoms with Crippen LogP contribution >= 0.6 is 11.8 Å². The van der Waals surface area contributed by atoms with Crippen molar-refractivity contribution >= 4 is 17.4 Å². The molecule has 3 heterocycles. The number of H-pyrrole nitrogens is 1. The van der Waals surface area contributed by atoms with Gasteiger partial charge in [0.05, 0.1) is 5.69 Å². The van der Waals surface area contributed by atoms with Crippen LogP contribution in [-0.4, -0.2) is 29.4 Å². The molecular formula is C14H13N7OS. The van der Waals surface area contributed by atoms with Crippen LogP contribution in [-0.2, 0) is 12.3 Å². The minimum Gasteiger partial charge on any atom is -0.302 e. The second-order valence-electron chi connectivity index (χ2n) is 4.76. The van der Waals surface area contributed by atoms with Crippen molar-refractivity contribution in [2.45, 2.75) is 24.4 Å². The van der Waals surface area contributed by atoms with Crippen LogP contribution in [0, 0.1) is 18.3 Å². The van der Waals surface area contributed by atoms with E-state index in [1.54, 1.807) is 6.08 Å². The van der Waals surface area contributed by atoms with Gasteiger partial charge >= 0.3 is 0 Å². The highest BCUT2D eigenvalue weighted by Gasteiger charge is 2.12. The molecule has 0 radical (unpaired) electrons. The summed E-state index contributed by atoms with van der Waals surface area (Å²) in [4.78, 5) is 16.4. The van der Waals surface area contributed by atoms with E-state index in [2.05, 4.69) is 26.9 Å². The summed E-state index contributed by atoms with van der Waals surface area (Å²) in [5.74, 6) is 1.25. The number of aromatic nitrogens is 6. The number of nitriles is 1. The average molecular weight is 327 g/mol. The Kier molecular flexibility index (Phi) is 3.99. The molecule has 8 nitrogen and oxygen atoms in total. The number of nitrogens with zero attached hydrogens (tertiary/aromatic N) is 6. The van der Waals surface area contributed by atoms with Gasteiger partial charge in [0.25, 0.3) is 5.56 Å². The normalized spacial score (nSPS) is 10.8. The summed E-state index contributed by atoms with van der Waals surface area (Å²) in [7, 11) is 0. The third-order valence-electron chi connectivity index (χ3n) is 3.23. The topological polar surface area (TPSA) is 105 Å². The van der Waals surface area contributed by atoms with E-state index >= 15 is 0 Å². The number of hydrogen-bond donors (Lipinski definition) is 1. The zero-order valence-electron chi connectivity index (χ0n) is 12.4. The molecule has 0 aliphatic rings. The Morgan fingerprint density at radius 1 is 1.52 bits per heavy atom. The monoisotopic (exact) mass is 327 g/mol. The Bertz CT molecular complexity index is 975. The van der Waals surface area contributed by atoms with Crippen molar-refractivity contribution in [2.75, 3.05) is 0 Å². The van der Waals surface area contributed by atoms with Crippen LogP contribution in [0.15, 0.2) is 34.9 Å². The maximum absolute atomic E-state index is 12.0. The largest absolute Gasteiger partial charge is 0.302 e. The van der Waals surface area contributed by atoms with Crippen molar-refractivity contribution in [3.8, 4) is 6.07 Å². The van der Waals surface area contributed by atoms with Gasteiger partial charge in [-0.25, -0.2) is 9.50 Å². The van der Waals surface area contributed by atoms with Gasteiger partial charge in [0.2, 0.25) is 0 Å². The predicted molar refractivity (Wildman–Crippen MR) is 85.0 cm³/mol. The van der Waals surface area contributed by atoms with E-state index in [1.165, 1.54) is 28.5 Å². The number of rotatable bonds is 5. The molecule has 0 unspecified atom stereocenters. The summed E-state index contributed by atoms with van der Waals surface area (Å²) in [6.07, 6.45) is 3.24. The van der Waals surface area contributed by atoms with Crippen LogP contribution < -0.4 is 5.56 Å². The fraction of sp³-hybridized carbons (Fsp3) is 0.214. The van der Waals surface area contributed by atoms with Crippen LogP contribution in [0.1, 0.15) is 17.1 Å². The molecule has 3 aromatic heterocycles. The first-order valence-corrected chi connectivity index (χ1v) is 7.76. The lowest BCUT2D eigenvalue weighted by molar-refractivity contribution is 0.703. The Hall–Kier alpha value is -2.86. The molecule has 1 N–H and O–H groups in total. The summed E-state index contributed by atoms with van der Waals surface area (Å²) in [5, 5.41) is 20.7. The second-order valence-corrected chi connectivity index (χ2v) is 5.70. The first-order valence-electron chi connectivity index (χ1n) is 6.77. The molecule has 0 fully saturated rings. The van der Waals surface area contributed by atoms with Gasteiger partial charge < -0.3 is 4.57 Å². The quantitative estimate of drug-likeness (QED) is 0.559. The highest BCUT2D eigenvalue weighted by molar-refractivity contribution is 7.98. The van der Waals surface area contributed by atoms with E-state index in [-0.39, 0.29) is 5.56 Å². The first kappa shape index (κ1) is 15.1. The predicted octanol–water partition coefficient (Wildman–Crippen LogP) is 1.27. The van der Waals surface area contributed by atoms with Gasteiger partial charge in [0.15, 0.2) is 10.8 Å². The van der Waals surface area contributed by atoms with Crippen molar-refractivity contribution in [2.24, 2.45) is 0 Å². The lowest BCUT2D eigenvalue weighted by Crippen LogP contribution is -2.15. The minimum absolute atomic E-state index is 0.254. The SMILES string of the molecule is C=CCn1c(C)nnc1SCc1cc(=O)n2[nH]cc(C#N)c2n1. The highest BCUT2D eigenvalue weighted by atomic mass is 32.2. The lowest BCUT2D eigenvalue weighted by atomic mass is 10.3. The van der Waals surface area contributed by atoms with Gasteiger partial charge in [0, 0.05) is 24.6 Å². The number of fused-ring (bicyclic) bond motifs is 1. The molecule has 9 heteroatoms. The number of nitrogens with one attached hydrogen (secondary N) is 1. The lowest BCUT2D eigenvalue weighted by Gasteiger charge is -2.05. The summed E-state index contributed by atoms with van der Waals surface area (Å²) in [6.45, 7) is 6.21. The Balaban J connectivity index is 1.89. The van der Waals surface area contributed by atoms with Crippen LogP contribution in [0.5, 0.6) is 0 Å². The highest BCUT2D eigenvalue weighted by Crippen LogP contribution is 2.21. The summed E-state index contributed by atoms with van der Waals surface area (Å²) < 4.78 is 3.18. The second kappa shape index (κ2) is 6.10. The van der Waals surface area contributed by atoms with E-state index in [0.29, 0.717) is 29.2 Å². The number of aromatic amines is 1.